The van der Waals surface area contributed by atoms with E-state index in [1.807, 2.05) is 5.38 Å². The van der Waals surface area contributed by atoms with Gasteiger partial charge >= 0.3 is 5.97 Å². The lowest BCUT2D eigenvalue weighted by atomic mass is 10.1. The summed E-state index contributed by atoms with van der Waals surface area (Å²) in [7, 11) is 0. The quantitative estimate of drug-likeness (QED) is 0.649. The first-order chi connectivity index (χ1) is 10.0. The first-order valence-electron chi connectivity index (χ1n) is 6.80. The number of carbonyl (C=O) groups excluding carboxylic acids is 1. The lowest BCUT2D eigenvalue weighted by molar-refractivity contribution is 0.0526. The van der Waals surface area contributed by atoms with Crippen molar-refractivity contribution in [2.24, 2.45) is 0 Å². The Morgan fingerprint density at radius 1 is 1.48 bits per heavy atom. The summed E-state index contributed by atoms with van der Waals surface area (Å²) < 4.78 is 4.99. The van der Waals surface area contributed by atoms with Crippen LogP contribution in [-0.4, -0.2) is 17.6 Å². The molecule has 6 heteroatoms. The molecule has 0 amide bonds. The van der Waals surface area contributed by atoms with Gasteiger partial charge in [-0.25, -0.2) is 9.78 Å². The summed E-state index contributed by atoms with van der Waals surface area (Å²) in [6.45, 7) is 6.30. The van der Waals surface area contributed by atoms with E-state index in [9.17, 15) is 4.79 Å². The number of esters is 1. The number of anilines is 3. The largest absolute Gasteiger partial charge is 0.462 e. The number of nitrogens with one attached hydrogen (secondary N) is 1. The summed E-state index contributed by atoms with van der Waals surface area (Å²) in [5.74, 6) is 0.0163. The predicted molar refractivity (Wildman–Crippen MR) is 86.3 cm³/mol. The van der Waals surface area contributed by atoms with Crippen molar-refractivity contribution in [3.05, 3.63) is 34.8 Å². The maximum Gasteiger partial charge on any atom is 0.338 e. The highest BCUT2D eigenvalue weighted by Gasteiger charge is 2.11. The van der Waals surface area contributed by atoms with Gasteiger partial charge in [-0.3, -0.25) is 0 Å². The molecule has 0 aliphatic rings. The second-order valence-corrected chi connectivity index (χ2v) is 5.74. The van der Waals surface area contributed by atoms with Gasteiger partial charge in [-0.2, -0.15) is 0 Å². The first kappa shape index (κ1) is 15.3. The van der Waals surface area contributed by atoms with E-state index in [1.54, 1.807) is 25.1 Å². The maximum atomic E-state index is 11.8. The van der Waals surface area contributed by atoms with E-state index in [4.69, 9.17) is 10.5 Å². The number of ether oxygens (including phenoxy) is 1. The topological polar surface area (TPSA) is 77.2 Å². The van der Waals surface area contributed by atoms with Crippen LogP contribution >= 0.6 is 11.3 Å². The van der Waals surface area contributed by atoms with Gasteiger partial charge in [-0.15, -0.1) is 11.3 Å². The van der Waals surface area contributed by atoms with Gasteiger partial charge in [0, 0.05) is 5.38 Å². The fourth-order valence-electron chi connectivity index (χ4n) is 1.73. The Balaban J connectivity index is 2.22. The number of nitrogens with two attached hydrogens (primary N) is 1. The van der Waals surface area contributed by atoms with Crippen LogP contribution in [0.1, 0.15) is 42.7 Å². The van der Waals surface area contributed by atoms with E-state index < -0.39 is 0 Å². The van der Waals surface area contributed by atoms with E-state index in [-0.39, 0.29) is 5.97 Å². The molecule has 0 bridgehead atoms. The number of aromatic nitrogens is 1. The van der Waals surface area contributed by atoms with Crippen molar-refractivity contribution >= 4 is 33.8 Å². The Hall–Kier alpha value is -2.08. The van der Waals surface area contributed by atoms with E-state index in [0.717, 1.165) is 10.8 Å². The molecular weight excluding hydrogens is 286 g/mol. The molecule has 0 saturated carbocycles. The first-order valence-corrected chi connectivity index (χ1v) is 7.68. The molecule has 0 unspecified atom stereocenters. The molecule has 0 atom stereocenters. The van der Waals surface area contributed by atoms with Crippen LogP contribution in [0.2, 0.25) is 0 Å². The van der Waals surface area contributed by atoms with Crippen molar-refractivity contribution in [2.45, 2.75) is 26.7 Å². The number of nitrogen functional groups attached to an aromatic ring is 1. The van der Waals surface area contributed by atoms with Gasteiger partial charge in [0.2, 0.25) is 0 Å². The Morgan fingerprint density at radius 2 is 2.24 bits per heavy atom. The van der Waals surface area contributed by atoms with E-state index in [1.165, 1.54) is 11.3 Å². The van der Waals surface area contributed by atoms with Crippen molar-refractivity contribution < 1.29 is 9.53 Å². The van der Waals surface area contributed by atoms with Crippen LogP contribution in [0.4, 0.5) is 16.5 Å². The van der Waals surface area contributed by atoms with Crippen molar-refractivity contribution in [3.8, 4) is 0 Å². The minimum Gasteiger partial charge on any atom is -0.462 e. The highest BCUT2D eigenvalue weighted by Crippen LogP contribution is 2.28. The van der Waals surface area contributed by atoms with Gasteiger partial charge in [0.1, 0.15) is 0 Å². The van der Waals surface area contributed by atoms with Crippen LogP contribution in [0.5, 0.6) is 0 Å². The lowest BCUT2D eigenvalue weighted by Gasteiger charge is -2.09. The monoisotopic (exact) mass is 305 g/mol. The van der Waals surface area contributed by atoms with Crippen molar-refractivity contribution in [1.82, 2.24) is 4.98 Å². The maximum absolute atomic E-state index is 11.8. The number of carbonyl (C=O) groups is 1. The summed E-state index contributed by atoms with van der Waals surface area (Å²) in [6.07, 6.45) is 0. The normalized spacial score (nSPS) is 10.7. The van der Waals surface area contributed by atoms with Gasteiger partial charge in [0.15, 0.2) is 5.13 Å². The Labute approximate surface area is 128 Å². The summed E-state index contributed by atoms with van der Waals surface area (Å²) in [5.41, 5.74) is 8.65. The molecule has 3 N–H and O–H groups in total. The van der Waals surface area contributed by atoms with Crippen molar-refractivity contribution in [3.63, 3.8) is 0 Å². The Morgan fingerprint density at radius 3 is 2.86 bits per heavy atom. The molecule has 21 heavy (non-hydrogen) atoms. The van der Waals surface area contributed by atoms with Crippen LogP contribution < -0.4 is 11.1 Å². The Bertz CT molecular complexity index is 638. The van der Waals surface area contributed by atoms with Crippen LogP contribution in [0, 0.1) is 0 Å². The Kier molecular flexibility index (Phi) is 4.80. The van der Waals surface area contributed by atoms with Crippen molar-refractivity contribution in [1.29, 1.82) is 0 Å². The van der Waals surface area contributed by atoms with Gasteiger partial charge in [0.25, 0.3) is 0 Å². The number of rotatable bonds is 5. The van der Waals surface area contributed by atoms with Crippen molar-refractivity contribution in [2.75, 3.05) is 17.7 Å². The number of nitrogens with zero attached hydrogens (tertiary/aromatic N) is 1. The van der Waals surface area contributed by atoms with Gasteiger partial charge < -0.3 is 15.8 Å². The molecule has 0 saturated heterocycles. The van der Waals surface area contributed by atoms with E-state index >= 15 is 0 Å². The van der Waals surface area contributed by atoms with Crippen LogP contribution in [-0.2, 0) is 4.74 Å². The second-order valence-electron chi connectivity index (χ2n) is 4.88. The molecule has 112 valence electrons. The molecule has 0 radical (unpaired) electrons. The highest BCUT2D eigenvalue weighted by atomic mass is 32.1. The van der Waals surface area contributed by atoms with Crippen LogP contribution in [0.3, 0.4) is 0 Å². The standard InChI is InChI=1S/C15H19N3O2S/c1-4-20-14(19)10-5-6-11(16)12(7-10)17-15-18-13(8-21-15)9(2)3/h5-9H,4,16H2,1-3H3,(H,17,18). The third kappa shape index (κ3) is 3.72. The number of hydrogen-bond acceptors (Lipinski definition) is 6. The molecule has 0 aliphatic carbocycles. The lowest BCUT2D eigenvalue weighted by Crippen LogP contribution is -2.06. The molecule has 5 nitrogen and oxygen atoms in total. The zero-order valence-corrected chi connectivity index (χ0v) is 13.2. The summed E-state index contributed by atoms with van der Waals surface area (Å²) >= 11 is 1.51. The second kappa shape index (κ2) is 6.58. The molecule has 1 heterocycles. The molecule has 0 aliphatic heterocycles. The highest BCUT2D eigenvalue weighted by molar-refractivity contribution is 7.13. The fraction of sp³-hybridized carbons (Fsp3) is 0.333. The van der Waals surface area contributed by atoms with Gasteiger partial charge in [-0.05, 0) is 31.0 Å². The third-order valence-corrected chi connectivity index (χ3v) is 3.70. The van der Waals surface area contributed by atoms with Gasteiger partial charge in [0.05, 0.1) is 29.2 Å². The summed E-state index contributed by atoms with van der Waals surface area (Å²) in [5, 5.41) is 5.93. The zero-order valence-electron chi connectivity index (χ0n) is 12.3. The van der Waals surface area contributed by atoms with E-state index in [0.29, 0.717) is 29.5 Å². The van der Waals surface area contributed by atoms with E-state index in [2.05, 4.69) is 24.1 Å². The summed E-state index contributed by atoms with van der Waals surface area (Å²) in [4.78, 5) is 16.2. The molecule has 0 fully saturated rings. The number of benzene rings is 1. The molecule has 1 aromatic heterocycles. The SMILES string of the molecule is CCOC(=O)c1ccc(N)c(Nc2nc(C(C)C)cs2)c1. The summed E-state index contributed by atoms with van der Waals surface area (Å²) in [6, 6.07) is 5.02. The minimum atomic E-state index is -0.359. The molecule has 2 aromatic rings. The average molecular weight is 305 g/mol. The number of hydrogen-bond donors (Lipinski definition) is 2. The smallest absolute Gasteiger partial charge is 0.338 e. The van der Waals surface area contributed by atoms with Gasteiger partial charge in [-0.1, -0.05) is 13.8 Å². The van der Waals surface area contributed by atoms with Crippen LogP contribution in [0.15, 0.2) is 23.6 Å². The van der Waals surface area contributed by atoms with Crippen LogP contribution in [0.25, 0.3) is 0 Å². The number of thiazole rings is 1. The molecular formula is C15H19N3O2S. The molecule has 2 rings (SSSR count). The molecule has 1 aromatic carbocycles. The predicted octanol–water partition coefficient (Wildman–Crippen LogP) is 3.77. The molecule has 0 spiro atoms. The zero-order chi connectivity index (χ0) is 15.4. The average Bonchev–Trinajstić information content (AvgIpc) is 2.90. The minimum absolute atomic E-state index is 0.343. The fourth-order valence-corrected chi connectivity index (χ4v) is 2.61. The third-order valence-electron chi connectivity index (χ3n) is 2.92.